The van der Waals surface area contributed by atoms with Crippen molar-refractivity contribution in [3.63, 3.8) is 0 Å². The van der Waals surface area contributed by atoms with Gasteiger partial charge in [0.05, 0.1) is 18.5 Å². The van der Waals surface area contributed by atoms with E-state index in [0.717, 1.165) is 6.20 Å². The third kappa shape index (κ3) is 6.65. The number of carboxylic acid groups (broad SMARTS) is 1. The molecule has 0 radical (unpaired) electrons. The molecule has 0 bridgehead atoms. The van der Waals surface area contributed by atoms with Crippen molar-refractivity contribution in [2.75, 3.05) is 5.32 Å². The number of hydrogen-bond donors (Lipinski definition) is 4. The first-order valence-corrected chi connectivity index (χ1v) is 9.61. The molecule has 13 heteroatoms. The van der Waals surface area contributed by atoms with Crippen molar-refractivity contribution >= 4 is 23.7 Å². The van der Waals surface area contributed by atoms with E-state index < -0.39 is 17.9 Å². The van der Waals surface area contributed by atoms with E-state index in [2.05, 4.69) is 20.4 Å². The number of aromatic nitrogens is 4. The lowest BCUT2D eigenvalue weighted by Gasteiger charge is -2.13. The van der Waals surface area contributed by atoms with Crippen molar-refractivity contribution in [3.8, 4) is 17.4 Å². The van der Waals surface area contributed by atoms with E-state index in [1.165, 1.54) is 12.3 Å². The van der Waals surface area contributed by atoms with Gasteiger partial charge in [-0.2, -0.15) is 5.10 Å². The van der Waals surface area contributed by atoms with Crippen LogP contribution in [-0.2, 0) is 7.05 Å². The van der Waals surface area contributed by atoms with E-state index >= 15 is 0 Å². The molecule has 0 unspecified atom stereocenters. The highest BCUT2D eigenvalue weighted by molar-refractivity contribution is 6.04. The van der Waals surface area contributed by atoms with E-state index in [9.17, 15) is 14.4 Å². The highest BCUT2D eigenvalue weighted by Crippen LogP contribution is 2.27. The Labute approximate surface area is 187 Å². The van der Waals surface area contributed by atoms with Crippen molar-refractivity contribution in [3.05, 3.63) is 54.1 Å². The molecule has 0 fully saturated rings. The maximum atomic E-state index is 12.7. The predicted molar refractivity (Wildman–Crippen MR) is 114 cm³/mol. The van der Waals surface area contributed by atoms with Gasteiger partial charge in [0.2, 0.25) is 5.88 Å². The van der Waals surface area contributed by atoms with E-state index in [-0.39, 0.29) is 29.0 Å². The quantitative estimate of drug-likeness (QED) is 0.389. The third-order valence-corrected chi connectivity index (χ3v) is 3.84. The van der Waals surface area contributed by atoms with Crippen LogP contribution in [0.4, 0.5) is 10.6 Å². The van der Waals surface area contributed by atoms with Gasteiger partial charge in [-0.15, -0.1) is 0 Å². The first kappa shape index (κ1) is 23.0. The van der Waals surface area contributed by atoms with Crippen LogP contribution >= 0.6 is 0 Å². The summed E-state index contributed by atoms with van der Waals surface area (Å²) >= 11 is 0. The molecule has 0 saturated heterocycles. The molecule has 2 aromatic heterocycles. The van der Waals surface area contributed by atoms with Crippen molar-refractivity contribution in [1.29, 1.82) is 0 Å². The SMILES string of the molecule is CC(C)Oc1cc(Oc2cnc(C(=O)NNC(=O)O)cn2)cc(C(=O)Nc2ccn(C)n2)c1. The Bertz CT molecular complexity index is 1160. The van der Waals surface area contributed by atoms with Crippen LogP contribution < -0.4 is 25.6 Å². The molecular formula is C20H21N7O6. The van der Waals surface area contributed by atoms with Gasteiger partial charge in [-0.3, -0.25) is 19.7 Å². The van der Waals surface area contributed by atoms with Gasteiger partial charge in [0, 0.05) is 30.9 Å². The number of carbonyl (C=O) groups is 3. The number of aryl methyl sites for hydroxylation is 1. The van der Waals surface area contributed by atoms with E-state index in [1.807, 2.05) is 19.3 Å². The summed E-state index contributed by atoms with van der Waals surface area (Å²) in [7, 11) is 1.73. The summed E-state index contributed by atoms with van der Waals surface area (Å²) in [5, 5.41) is 15.3. The van der Waals surface area contributed by atoms with Crippen LogP contribution in [0, 0.1) is 0 Å². The highest BCUT2D eigenvalue weighted by Gasteiger charge is 2.14. The Morgan fingerprint density at radius 2 is 1.79 bits per heavy atom. The topological polar surface area (TPSA) is 170 Å². The second kappa shape index (κ2) is 10.1. The second-order valence-corrected chi connectivity index (χ2v) is 6.91. The number of carbonyl (C=O) groups excluding carboxylic acids is 2. The van der Waals surface area contributed by atoms with Gasteiger partial charge in [0.1, 0.15) is 17.2 Å². The van der Waals surface area contributed by atoms with E-state index in [0.29, 0.717) is 11.6 Å². The number of hydrogen-bond acceptors (Lipinski definition) is 8. The summed E-state index contributed by atoms with van der Waals surface area (Å²) in [5.74, 6) is -0.141. The zero-order valence-corrected chi connectivity index (χ0v) is 17.9. The standard InChI is InChI=1S/C20H21N7O6/c1-11(2)32-13-6-12(18(28)23-16-4-5-27(3)26-16)7-14(8-13)33-17-10-21-15(9-22-17)19(29)24-25-20(30)31/h4-11,25H,1-3H3,(H,24,29)(H,30,31)(H,23,26,28). The van der Waals surface area contributed by atoms with Gasteiger partial charge in [-0.25, -0.2) is 20.2 Å². The van der Waals surface area contributed by atoms with Gasteiger partial charge in [-0.1, -0.05) is 0 Å². The first-order valence-electron chi connectivity index (χ1n) is 9.61. The largest absolute Gasteiger partial charge is 0.491 e. The van der Waals surface area contributed by atoms with E-state index in [1.54, 1.807) is 41.6 Å². The lowest BCUT2D eigenvalue weighted by Crippen LogP contribution is -2.41. The Kier molecular flexibility index (Phi) is 7.03. The van der Waals surface area contributed by atoms with Crippen molar-refractivity contribution in [1.82, 2.24) is 30.6 Å². The average molecular weight is 455 g/mol. The Balaban J connectivity index is 1.78. The summed E-state index contributed by atoms with van der Waals surface area (Å²) in [6.45, 7) is 3.69. The zero-order chi connectivity index (χ0) is 24.0. The second-order valence-electron chi connectivity index (χ2n) is 6.91. The molecule has 33 heavy (non-hydrogen) atoms. The number of nitrogens with one attached hydrogen (secondary N) is 3. The molecule has 0 aliphatic rings. The molecule has 0 saturated carbocycles. The van der Waals surface area contributed by atoms with Gasteiger partial charge >= 0.3 is 6.09 Å². The molecule has 3 amide bonds. The smallest absolute Gasteiger partial charge is 0.423 e. The molecule has 13 nitrogen and oxygen atoms in total. The summed E-state index contributed by atoms with van der Waals surface area (Å²) in [4.78, 5) is 42.8. The number of rotatable bonds is 7. The fourth-order valence-corrected chi connectivity index (χ4v) is 2.55. The summed E-state index contributed by atoms with van der Waals surface area (Å²) in [5.41, 5.74) is 3.78. The van der Waals surface area contributed by atoms with E-state index in [4.69, 9.17) is 14.6 Å². The number of anilines is 1. The Morgan fingerprint density at radius 1 is 1.03 bits per heavy atom. The Hall–Kier alpha value is -4.68. The monoisotopic (exact) mass is 455 g/mol. The van der Waals surface area contributed by atoms with Crippen LogP contribution in [0.15, 0.2) is 42.9 Å². The van der Waals surface area contributed by atoms with Crippen molar-refractivity contribution in [2.45, 2.75) is 20.0 Å². The molecule has 4 N–H and O–H groups in total. The summed E-state index contributed by atoms with van der Waals surface area (Å²) < 4.78 is 13.0. The predicted octanol–water partition coefficient (Wildman–Crippen LogP) is 1.95. The Morgan fingerprint density at radius 3 is 2.39 bits per heavy atom. The highest BCUT2D eigenvalue weighted by atomic mass is 16.5. The third-order valence-electron chi connectivity index (χ3n) is 3.84. The summed E-state index contributed by atoms with van der Waals surface area (Å²) in [6.07, 6.45) is 2.41. The maximum absolute atomic E-state index is 12.7. The van der Waals surface area contributed by atoms with Gasteiger partial charge in [0.15, 0.2) is 5.82 Å². The van der Waals surface area contributed by atoms with Crippen LogP contribution in [0.25, 0.3) is 0 Å². The van der Waals surface area contributed by atoms with Crippen LogP contribution in [-0.4, -0.2) is 48.9 Å². The molecule has 1 aromatic carbocycles. The van der Waals surface area contributed by atoms with Crippen LogP contribution in [0.2, 0.25) is 0 Å². The minimum Gasteiger partial charge on any atom is -0.491 e. The molecule has 3 rings (SSSR count). The minimum absolute atomic E-state index is 0.0375. The number of amides is 3. The lowest BCUT2D eigenvalue weighted by atomic mass is 10.2. The molecule has 0 aliphatic carbocycles. The van der Waals surface area contributed by atoms with Gasteiger partial charge in [0.25, 0.3) is 11.8 Å². The first-order chi connectivity index (χ1) is 15.7. The number of ether oxygens (including phenoxy) is 2. The summed E-state index contributed by atoms with van der Waals surface area (Å²) in [6, 6.07) is 6.30. The molecule has 0 aliphatic heterocycles. The number of hydrazine groups is 1. The van der Waals surface area contributed by atoms with Crippen molar-refractivity contribution < 1.29 is 29.0 Å². The van der Waals surface area contributed by atoms with Gasteiger partial charge in [-0.05, 0) is 26.0 Å². The number of benzene rings is 1. The van der Waals surface area contributed by atoms with Crippen LogP contribution in [0.3, 0.4) is 0 Å². The molecular weight excluding hydrogens is 434 g/mol. The fraction of sp³-hybridized carbons (Fsp3) is 0.200. The fourth-order valence-electron chi connectivity index (χ4n) is 2.55. The normalized spacial score (nSPS) is 10.4. The minimum atomic E-state index is -1.43. The van der Waals surface area contributed by atoms with Gasteiger partial charge < -0.3 is 19.9 Å². The van der Waals surface area contributed by atoms with Crippen LogP contribution in [0.1, 0.15) is 34.7 Å². The van der Waals surface area contributed by atoms with Crippen molar-refractivity contribution in [2.24, 2.45) is 7.05 Å². The molecule has 172 valence electrons. The molecule has 2 heterocycles. The van der Waals surface area contributed by atoms with Crippen LogP contribution in [0.5, 0.6) is 17.4 Å². The molecule has 0 spiro atoms. The number of nitrogens with zero attached hydrogens (tertiary/aromatic N) is 4. The average Bonchev–Trinajstić information content (AvgIpc) is 3.16. The lowest BCUT2D eigenvalue weighted by molar-refractivity contribution is 0.0920. The molecule has 0 atom stereocenters. The maximum Gasteiger partial charge on any atom is 0.423 e. The zero-order valence-electron chi connectivity index (χ0n) is 17.9. The molecule has 3 aromatic rings.